The normalized spacial score (nSPS) is 20.7. The zero-order valence-corrected chi connectivity index (χ0v) is 20.8. The highest BCUT2D eigenvalue weighted by atomic mass is 19.1. The molecule has 2 aromatic carbocycles. The molecule has 2 amide bonds. The molecule has 0 bridgehead atoms. The fourth-order valence-electron chi connectivity index (χ4n) is 4.74. The maximum Gasteiger partial charge on any atom is 0.410 e. The third-order valence-corrected chi connectivity index (χ3v) is 6.49. The predicted octanol–water partition coefficient (Wildman–Crippen LogP) is 3.41. The standard InChI is InChI=1S/C28H29FN2O6/c1-19-14-28(18-36-16-24(32)30-28)17-31(19)27(34)37-15-21-10-7-12-23(26(21)29)22-11-5-3-8-20(22)9-4-6-13-25(33)35-2/h3,5,7-8,10-12,19H,6,13-18H2,1-2H3,(H,30,32). The first-order valence-corrected chi connectivity index (χ1v) is 12.1. The number of ether oxygens (including phenoxy) is 3. The van der Waals surface area contributed by atoms with E-state index in [1.165, 1.54) is 12.0 Å². The highest BCUT2D eigenvalue weighted by Gasteiger charge is 2.47. The Morgan fingerprint density at radius 3 is 2.78 bits per heavy atom. The second-order valence-corrected chi connectivity index (χ2v) is 9.26. The number of nitrogens with one attached hydrogen (secondary N) is 1. The molecule has 2 aliphatic rings. The van der Waals surface area contributed by atoms with E-state index >= 15 is 4.39 Å². The molecule has 2 aromatic rings. The van der Waals surface area contributed by atoms with Crippen molar-refractivity contribution < 1.29 is 33.0 Å². The quantitative estimate of drug-likeness (QED) is 0.492. The molecule has 2 atom stereocenters. The number of carbonyl (C=O) groups excluding carboxylic acids is 3. The third-order valence-electron chi connectivity index (χ3n) is 6.49. The van der Waals surface area contributed by atoms with Crippen molar-refractivity contribution in [2.24, 2.45) is 0 Å². The van der Waals surface area contributed by atoms with Crippen molar-refractivity contribution in [1.29, 1.82) is 0 Å². The van der Waals surface area contributed by atoms with E-state index in [0.717, 1.165) is 0 Å². The van der Waals surface area contributed by atoms with Crippen LogP contribution in [0, 0.1) is 17.7 Å². The van der Waals surface area contributed by atoms with Crippen LogP contribution in [0.1, 0.15) is 37.3 Å². The summed E-state index contributed by atoms with van der Waals surface area (Å²) in [5.41, 5.74) is 1.16. The highest BCUT2D eigenvalue weighted by Crippen LogP contribution is 2.31. The molecular formula is C28H29FN2O6. The Kier molecular flexibility index (Phi) is 8.09. The van der Waals surface area contributed by atoms with Crippen LogP contribution in [0.4, 0.5) is 9.18 Å². The van der Waals surface area contributed by atoms with Gasteiger partial charge in [0.25, 0.3) is 0 Å². The summed E-state index contributed by atoms with van der Waals surface area (Å²) in [5.74, 6) is 4.88. The molecule has 0 saturated carbocycles. The van der Waals surface area contributed by atoms with Gasteiger partial charge in [-0.1, -0.05) is 48.2 Å². The highest BCUT2D eigenvalue weighted by molar-refractivity contribution is 5.79. The van der Waals surface area contributed by atoms with E-state index in [0.29, 0.717) is 36.1 Å². The summed E-state index contributed by atoms with van der Waals surface area (Å²) in [4.78, 5) is 37.5. The van der Waals surface area contributed by atoms with Gasteiger partial charge in [0, 0.05) is 41.3 Å². The molecule has 2 heterocycles. The molecule has 1 N–H and O–H groups in total. The van der Waals surface area contributed by atoms with Gasteiger partial charge in [0.2, 0.25) is 5.91 Å². The number of nitrogens with zero attached hydrogens (tertiary/aromatic N) is 1. The number of hydrogen-bond donors (Lipinski definition) is 1. The van der Waals surface area contributed by atoms with Gasteiger partial charge in [-0.15, -0.1) is 0 Å². The fourth-order valence-corrected chi connectivity index (χ4v) is 4.74. The second kappa shape index (κ2) is 11.4. The van der Waals surface area contributed by atoms with E-state index in [2.05, 4.69) is 21.9 Å². The van der Waals surface area contributed by atoms with Crippen LogP contribution in [0.15, 0.2) is 42.5 Å². The van der Waals surface area contributed by atoms with Crippen LogP contribution in [0.25, 0.3) is 11.1 Å². The molecule has 2 saturated heterocycles. The van der Waals surface area contributed by atoms with Crippen molar-refractivity contribution in [2.75, 3.05) is 26.9 Å². The lowest BCUT2D eigenvalue weighted by Gasteiger charge is -2.33. The summed E-state index contributed by atoms with van der Waals surface area (Å²) < 4.78 is 31.0. The van der Waals surface area contributed by atoms with Crippen molar-refractivity contribution in [3.05, 3.63) is 59.4 Å². The molecule has 0 aromatic heterocycles. The summed E-state index contributed by atoms with van der Waals surface area (Å²) in [6.07, 6.45) is 0.475. The Bertz CT molecular complexity index is 1250. The first-order valence-electron chi connectivity index (χ1n) is 12.1. The Labute approximate surface area is 215 Å². The van der Waals surface area contributed by atoms with Gasteiger partial charge in [-0.25, -0.2) is 9.18 Å². The number of halogens is 1. The SMILES string of the molecule is COC(=O)CCC#Cc1ccccc1-c1cccc(COC(=O)N2CC3(COCC(=O)N3)CC2C)c1F. The number of rotatable bonds is 5. The van der Waals surface area contributed by atoms with Crippen LogP contribution < -0.4 is 5.32 Å². The molecule has 1 spiro atoms. The predicted molar refractivity (Wildman–Crippen MR) is 133 cm³/mol. The lowest BCUT2D eigenvalue weighted by atomic mass is 9.96. The Morgan fingerprint density at radius 2 is 2.00 bits per heavy atom. The number of esters is 1. The second-order valence-electron chi connectivity index (χ2n) is 9.26. The average Bonchev–Trinajstić information content (AvgIpc) is 3.20. The Morgan fingerprint density at radius 1 is 1.22 bits per heavy atom. The Hall–Kier alpha value is -3.90. The summed E-state index contributed by atoms with van der Waals surface area (Å²) in [5, 5.41) is 2.94. The number of carbonyl (C=O) groups is 3. The largest absolute Gasteiger partial charge is 0.469 e. The van der Waals surface area contributed by atoms with Crippen LogP contribution in [0.3, 0.4) is 0 Å². The maximum atomic E-state index is 15.5. The summed E-state index contributed by atoms with van der Waals surface area (Å²) >= 11 is 0. The molecule has 194 valence electrons. The van der Waals surface area contributed by atoms with Crippen molar-refractivity contribution in [3.8, 4) is 23.0 Å². The van der Waals surface area contributed by atoms with Crippen molar-refractivity contribution in [2.45, 2.75) is 44.4 Å². The zero-order chi connectivity index (χ0) is 26.4. The summed E-state index contributed by atoms with van der Waals surface area (Å²) in [6, 6.07) is 11.9. The number of amides is 2. The molecule has 2 aliphatic heterocycles. The lowest BCUT2D eigenvalue weighted by molar-refractivity contribution is -0.140. The fraction of sp³-hybridized carbons (Fsp3) is 0.393. The van der Waals surface area contributed by atoms with Gasteiger partial charge in [0.15, 0.2) is 0 Å². The van der Waals surface area contributed by atoms with E-state index in [4.69, 9.17) is 9.47 Å². The van der Waals surface area contributed by atoms with E-state index in [1.54, 1.807) is 42.5 Å². The molecule has 4 rings (SSSR count). The molecule has 2 fully saturated rings. The Balaban J connectivity index is 1.45. The van der Waals surface area contributed by atoms with Crippen LogP contribution in [-0.4, -0.2) is 61.3 Å². The summed E-state index contributed by atoms with van der Waals surface area (Å²) in [6.45, 7) is 2.24. The number of likely N-dealkylation sites (tertiary alicyclic amines) is 1. The summed E-state index contributed by atoms with van der Waals surface area (Å²) in [7, 11) is 1.32. The van der Waals surface area contributed by atoms with Crippen LogP contribution in [0.5, 0.6) is 0 Å². The first kappa shape index (κ1) is 26.2. The van der Waals surface area contributed by atoms with Crippen molar-refractivity contribution >= 4 is 18.0 Å². The molecule has 37 heavy (non-hydrogen) atoms. The van der Waals surface area contributed by atoms with E-state index in [-0.39, 0.29) is 49.7 Å². The van der Waals surface area contributed by atoms with Crippen LogP contribution in [0.2, 0.25) is 0 Å². The molecule has 8 nitrogen and oxygen atoms in total. The minimum absolute atomic E-state index is 0.0123. The van der Waals surface area contributed by atoms with Crippen molar-refractivity contribution in [3.63, 3.8) is 0 Å². The average molecular weight is 509 g/mol. The number of hydrogen-bond acceptors (Lipinski definition) is 6. The monoisotopic (exact) mass is 508 g/mol. The molecule has 0 radical (unpaired) electrons. The zero-order valence-electron chi connectivity index (χ0n) is 20.8. The molecule has 2 unspecified atom stereocenters. The molecular weight excluding hydrogens is 479 g/mol. The van der Waals surface area contributed by atoms with E-state index in [1.807, 2.05) is 6.92 Å². The van der Waals surface area contributed by atoms with Gasteiger partial charge in [-0.2, -0.15) is 0 Å². The number of methoxy groups -OCH3 is 1. The topological polar surface area (TPSA) is 94.2 Å². The van der Waals surface area contributed by atoms with Gasteiger partial charge < -0.3 is 24.4 Å². The molecule has 9 heteroatoms. The maximum absolute atomic E-state index is 15.5. The first-order chi connectivity index (χ1) is 17.8. The van der Waals surface area contributed by atoms with Gasteiger partial charge in [-0.05, 0) is 19.4 Å². The van der Waals surface area contributed by atoms with E-state index in [9.17, 15) is 14.4 Å². The van der Waals surface area contributed by atoms with Gasteiger partial charge in [-0.3, -0.25) is 9.59 Å². The van der Waals surface area contributed by atoms with Gasteiger partial charge in [0.1, 0.15) is 19.0 Å². The smallest absolute Gasteiger partial charge is 0.410 e. The lowest BCUT2D eigenvalue weighted by Crippen LogP contribution is -2.58. The van der Waals surface area contributed by atoms with E-state index < -0.39 is 17.4 Å². The number of benzene rings is 2. The van der Waals surface area contributed by atoms with Crippen LogP contribution >= 0.6 is 0 Å². The number of morpholine rings is 1. The third kappa shape index (κ3) is 6.09. The van der Waals surface area contributed by atoms with Gasteiger partial charge >= 0.3 is 12.1 Å². The van der Waals surface area contributed by atoms with Crippen molar-refractivity contribution in [1.82, 2.24) is 10.2 Å². The molecule has 0 aliphatic carbocycles. The minimum atomic E-state index is -0.624. The van der Waals surface area contributed by atoms with Gasteiger partial charge in [0.05, 0.1) is 25.7 Å². The minimum Gasteiger partial charge on any atom is -0.469 e. The van der Waals surface area contributed by atoms with Crippen LogP contribution in [-0.2, 0) is 30.4 Å².